The van der Waals surface area contributed by atoms with Crippen LogP contribution in [0.2, 0.25) is 5.02 Å². The molecular formula is C16H22ClNO2. The van der Waals surface area contributed by atoms with E-state index >= 15 is 0 Å². The van der Waals surface area contributed by atoms with Crippen LogP contribution < -0.4 is 14.8 Å². The van der Waals surface area contributed by atoms with Gasteiger partial charge < -0.3 is 14.8 Å². The highest BCUT2D eigenvalue weighted by Crippen LogP contribution is 2.41. The number of rotatable bonds is 4. The van der Waals surface area contributed by atoms with Gasteiger partial charge in [0.15, 0.2) is 11.5 Å². The molecule has 0 bridgehead atoms. The Morgan fingerprint density at radius 3 is 2.65 bits per heavy atom. The normalized spacial score (nSPS) is 23.2. The van der Waals surface area contributed by atoms with Crippen molar-refractivity contribution in [2.45, 2.75) is 44.1 Å². The molecule has 0 radical (unpaired) electrons. The Morgan fingerprint density at radius 1 is 1.20 bits per heavy atom. The Kier molecular flexibility index (Phi) is 4.37. The summed E-state index contributed by atoms with van der Waals surface area (Å²) in [6, 6.07) is 4.14. The highest BCUT2D eigenvalue weighted by Gasteiger charge is 2.23. The highest BCUT2D eigenvalue weighted by atomic mass is 35.5. The minimum Gasteiger partial charge on any atom is -0.493 e. The van der Waals surface area contributed by atoms with Crippen molar-refractivity contribution >= 4 is 11.6 Å². The Morgan fingerprint density at radius 2 is 2.00 bits per heavy atom. The molecule has 1 aromatic rings. The minimum atomic E-state index is 0.292. The third-order valence-corrected chi connectivity index (χ3v) is 4.65. The fraction of sp³-hybridized carbons (Fsp3) is 0.625. The van der Waals surface area contributed by atoms with Gasteiger partial charge in [0.05, 0.1) is 18.2 Å². The van der Waals surface area contributed by atoms with Crippen LogP contribution in [0.5, 0.6) is 11.5 Å². The minimum absolute atomic E-state index is 0.292. The van der Waals surface area contributed by atoms with Crippen molar-refractivity contribution in [2.24, 2.45) is 0 Å². The molecule has 1 aliphatic heterocycles. The number of hydrogen-bond acceptors (Lipinski definition) is 3. The van der Waals surface area contributed by atoms with Gasteiger partial charge in [-0.3, -0.25) is 0 Å². The number of hydrogen-bond donors (Lipinski definition) is 1. The van der Waals surface area contributed by atoms with E-state index in [4.69, 9.17) is 21.1 Å². The molecule has 1 heterocycles. The van der Waals surface area contributed by atoms with Crippen LogP contribution in [-0.2, 0) is 0 Å². The topological polar surface area (TPSA) is 30.5 Å². The van der Waals surface area contributed by atoms with Crippen LogP contribution in [0, 0.1) is 0 Å². The maximum atomic E-state index is 6.44. The molecule has 110 valence electrons. The predicted octanol–water partition coefficient (Wildman–Crippen LogP) is 3.75. The summed E-state index contributed by atoms with van der Waals surface area (Å²) in [7, 11) is 1.68. The predicted molar refractivity (Wildman–Crippen MR) is 81.1 cm³/mol. The number of ether oxygens (including phenoxy) is 2. The van der Waals surface area contributed by atoms with E-state index in [0.717, 1.165) is 43.9 Å². The van der Waals surface area contributed by atoms with Crippen LogP contribution in [-0.4, -0.2) is 26.3 Å². The van der Waals surface area contributed by atoms with Gasteiger partial charge in [-0.15, -0.1) is 0 Å². The summed E-state index contributed by atoms with van der Waals surface area (Å²) < 4.78 is 11.6. The van der Waals surface area contributed by atoms with Crippen LogP contribution in [0.4, 0.5) is 0 Å². The molecule has 1 N–H and O–H groups in total. The van der Waals surface area contributed by atoms with Gasteiger partial charge in [0.2, 0.25) is 0 Å². The van der Waals surface area contributed by atoms with Gasteiger partial charge in [-0.1, -0.05) is 11.6 Å². The Balaban J connectivity index is 1.85. The quantitative estimate of drug-likeness (QED) is 0.918. The van der Waals surface area contributed by atoms with E-state index < -0.39 is 0 Å². The van der Waals surface area contributed by atoms with Crippen LogP contribution in [0.15, 0.2) is 12.1 Å². The summed E-state index contributed by atoms with van der Waals surface area (Å²) in [4.78, 5) is 0. The highest BCUT2D eigenvalue weighted by molar-refractivity contribution is 6.32. The largest absolute Gasteiger partial charge is 0.493 e. The summed E-state index contributed by atoms with van der Waals surface area (Å²) in [6.07, 6.45) is 6.18. The summed E-state index contributed by atoms with van der Waals surface area (Å²) in [5.41, 5.74) is 1.25. The van der Waals surface area contributed by atoms with Crippen LogP contribution >= 0.6 is 11.6 Å². The van der Waals surface area contributed by atoms with Crippen LogP contribution in [0.1, 0.15) is 43.6 Å². The third-order valence-electron chi connectivity index (χ3n) is 4.37. The molecule has 20 heavy (non-hydrogen) atoms. The number of benzene rings is 1. The lowest BCUT2D eigenvalue weighted by atomic mass is 9.98. The number of nitrogens with one attached hydrogen (secondary N) is 1. The van der Waals surface area contributed by atoms with E-state index in [1.165, 1.54) is 18.4 Å². The van der Waals surface area contributed by atoms with E-state index in [1.807, 2.05) is 6.07 Å². The SMILES string of the molecule is COc1cc(C2CCNC2)cc(Cl)c1OC1CCCC1. The van der Waals surface area contributed by atoms with Gasteiger partial charge >= 0.3 is 0 Å². The summed E-state index contributed by atoms with van der Waals surface area (Å²) in [6.45, 7) is 2.09. The first-order valence-electron chi connectivity index (χ1n) is 7.52. The molecule has 0 aromatic heterocycles. The first-order chi connectivity index (χ1) is 9.78. The van der Waals surface area contributed by atoms with Crippen molar-refractivity contribution in [3.63, 3.8) is 0 Å². The molecular weight excluding hydrogens is 274 g/mol. The lowest BCUT2D eigenvalue weighted by Crippen LogP contribution is -2.12. The van der Waals surface area contributed by atoms with E-state index in [-0.39, 0.29) is 0 Å². The second-order valence-electron chi connectivity index (χ2n) is 5.75. The van der Waals surface area contributed by atoms with Gasteiger partial charge in [0.1, 0.15) is 0 Å². The zero-order valence-corrected chi connectivity index (χ0v) is 12.7. The molecule has 3 nitrogen and oxygen atoms in total. The maximum absolute atomic E-state index is 6.44. The standard InChI is InChI=1S/C16H22ClNO2/c1-19-15-9-12(11-6-7-18-10-11)8-14(17)16(15)20-13-4-2-3-5-13/h8-9,11,13,18H,2-7,10H2,1H3. The average molecular weight is 296 g/mol. The summed E-state index contributed by atoms with van der Waals surface area (Å²) in [5, 5.41) is 4.06. The smallest absolute Gasteiger partial charge is 0.180 e. The molecule has 0 amide bonds. The second-order valence-corrected chi connectivity index (χ2v) is 6.16. The fourth-order valence-electron chi connectivity index (χ4n) is 3.20. The molecule has 1 atom stereocenters. The summed E-state index contributed by atoms with van der Waals surface area (Å²) in [5.74, 6) is 2.02. The maximum Gasteiger partial charge on any atom is 0.180 e. The summed E-state index contributed by atoms with van der Waals surface area (Å²) >= 11 is 6.44. The zero-order valence-electron chi connectivity index (χ0n) is 12.0. The van der Waals surface area contributed by atoms with Gasteiger partial charge in [-0.05, 0) is 62.3 Å². The van der Waals surface area contributed by atoms with E-state index in [9.17, 15) is 0 Å². The first kappa shape index (κ1) is 14.0. The van der Waals surface area contributed by atoms with E-state index in [1.54, 1.807) is 7.11 Å². The molecule has 1 unspecified atom stereocenters. The molecule has 2 aliphatic rings. The van der Waals surface area contributed by atoms with Crippen molar-refractivity contribution in [1.82, 2.24) is 5.32 Å². The van der Waals surface area contributed by atoms with Gasteiger partial charge in [-0.2, -0.15) is 0 Å². The van der Waals surface area contributed by atoms with Crippen LogP contribution in [0.25, 0.3) is 0 Å². The van der Waals surface area contributed by atoms with Crippen molar-refractivity contribution < 1.29 is 9.47 Å². The molecule has 4 heteroatoms. The van der Waals surface area contributed by atoms with Crippen molar-refractivity contribution in [1.29, 1.82) is 0 Å². The van der Waals surface area contributed by atoms with Gasteiger partial charge in [0.25, 0.3) is 0 Å². The average Bonchev–Trinajstić information content (AvgIpc) is 3.13. The Hall–Kier alpha value is -0.930. The number of halogens is 1. The molecule has 0 spiro atoms. The number of methoxy groups -OCH3 is 1. The molecule has 3 rings (SSSR count). The molecule has 1 saturated heterocycles. The molecule has 1 aromatic carbocycles. The van der Waals surface area contributed by atoms with Gasteiger partial charge in [0, 0.05) is 6.54 Å². The monoisotopic (exact) mass is 295 g/mol. The first-order valence-corrected chi connectivity index (χ1v) is 7.90. The lowest BCUT2D eigenvalue weighted by Gasteiger charge is -2.19. The van der Waals surface area contributed by atoms with Crippen LogP contribution in [0.3, 0.4) is 0 Å². The Labute approximate surface area is 125 Å². The van der Waals surface area contributed by atoms with Crippen molar-refractivity contribution in [2.75, 3.05) is 20.2 Å². The Bertz CT molecular complexity index is 466. The molecule has 1 saturated carbocycles. The van der Waals surface area contributed by atoms with E-state index in [2.05, 4.69) is 11.4 Å². The molecule has 1 aliphatic carbocycles. The van der Waals surface area contributed by atoms with E-state index in [0.29, 0.717) is 17.0 Å². The fourth-order valence-corrected chi connectivity index (χ4v) is 3.47. The second kappa shape index (κ2) is 6.23. The zero-order chi connectivity index (χ0) is 13.9. The van der Waals surface area contributed by atoms with Crippen molar-refractivity contribution in [3.05, 3.63) is 22.7 Å². The third kappa shape index (κ3) is 2.89. The van der Waals surface area contributed by atoms with Crippen molar-refractivity contribution in [3.8, 4) is 11.5 Å². The van der Waals surface area contributed by atoms with Gasteiger partial charge in [-0.25, -0.2) is 0 Å². The molecule has 2 fully saturated rings. The lowest BCUT2D eigenvalue weighted by molar-refractivity contribution is 0.201.